The van der Waals surface area contributed by atoms with Gasteiger partial charge in [0.15, 0.2) is 0 Å². The van der Waals surface area contributed by atoms with Gasteiger partial charge in [0.25, 0.3) is 0 Å². The molecule has 5 nitrogen and oxygen atoms in total. The molecule has 0 spiro atoms. The number of carbonyl (C=O) groups is 1. The van der Waals surface area contributed by atoms with Gasteiger partial charge < -0.3 is 19.7 Å². The van der Waals surface area contributed by atoms with Crippen molar-refractivity contribution < 1.29 is 14.3 Å². The summed E-state index contributed by atoms with van der Waals surface area (Å²) in [6.45, 7) is 2.62. The van der Waals surface area contributed by atoms with E-state index in [-0.39, 0.29) is 12.1 Å². The molecule has 1 atom stereocenters. The zero-order chi connectivity index (χ0) is 18.4. The Morgan fingerprint density at radius 1 is 1.23 bits per heavy atom. The Kier molecular flexibility index (Phi) is 6.50. The van der Waals surface area contributed by atoms with Gasteiger partial charge in [-0.1, -0.05) is 48.0 Å². The third-order valence-corrected chi connectivity index (χ3v) is 4.70. The molecule has 3 rings (SSSR count). The number of carbonyl (C=O) groups excluding carboxylic acids is 1. The largest absolute Gasteiger partial charge is 0.380 e. The van der Waals surface area contributed by atoms with Crippen LogP contribution >= 0.6 is 11.6 Å². The maximum absolute atomic E-state index is 12.6. The van der Waals surface area contributed by atoms with E-state index in [1.807, 2.05) is 48.5 Å². The molecule has 1 aliphatic rings. The van der Waals surface area contributed by atoms with Gasteiger partial charge in [-0.15, -0.1) is 0 Å². The number of ether oxygens (including phenoxy) is 2. The first-order valence-corrected chi connectivity index (χ1v) is 9.00. The molecule has 0 radical (unpaired) electrons. The lowest BCUT2D eigenvalue weighted by Gasteiger charge is -2.33. The standard InChI is InChI=1S/C20H23ClN2O3/c1-25-14-17-5-3-2-4-16(17)12-22-20(24)23-10-11-26-19(13-23)15-6-8-18(21)9-7-15/h2-9,19H,10-14H2,1H3,(H,22,24). The smallest absolute Gasteiger partial charge is 0.317 e. The van der Waals surface area contributed by atoms with Gasteiger partial charge in [0.1, 0.15) is 6.10 Å². The molecule has 0 aliphatic carbocycles. The summed E-state index contributed by atoms with van der Waals surface area (Å²) in [6.07, 6.45) is -0.132. The fourth-order valence-electron chi connectivity index (χ4n) is 3.02. The Hall–Kier alpha value is -2.08. The number of benzene rings is 2. The Morgan fingerprint density at radius 2 is 1.96 bits per heavy atom. The second kappa shape index (κ2) is 9.03. The number of halogens is 1. The summed E-state index contributed by atoms with van der Waals surface area (Å²) < 4.78 is 11.0. The summed E-state index contributed by atoms with van der Waals surface area (Å²) in [7, 11) is 1.67. The second-order valence-corrected chi connectivity index (χ2v) is 6.65. The van der Waals surface area contributed by atoms with Crippen LogP contribution in [0.4, 0.5) is 4.79 Å². The first-order chi connectivity index (χ1) is 12.7. The molecule has 0 saturated carbocycles. The molecule has 1 saturated heterocycles. The Balaban J connectivity index is 1.58. The zero-order valence-electron chi connectivity index (χ0n) is 14.8. The maximum atomic E-state index is 12.6. The zero-order valence-corrected chi connectivity index (χ0v) is 15.5. The number of nitrogens with one attached hydrogen (secondary N) is 1. The van der Waals surface area contributed by atoms with E-state index in [9.17, 15) is 4.79 Å². The molecule has 1 heterocycles. The molecule has 1 aliphatic heterocycles. The van der Waals surface area contributed by atoms with Gasteiger partial charge in [0, 0.05) is 25.2 Å². The van der Waals surface area contributed by atoms with Gasteiger partial charge in [-0.2, -0.15) is 0 Å². The van der Waals surface area contributed by atoms with E-state index in [4.69, 9.17) is 21.1 Å². The van der Waals surface area contributed by atoms with E-state index in [0.29, 0.717) is 37.9 Å². The van der Waals surface area contributed by atoms with Crippen LogP contribution in [-0.4, -0.2) is 37.7 Å². The number of nitrogens with zero attached hydrogens (tertiary/aromatic N) is 1. The van der Waals surface area contributed by atoms with Crippen LogP contribution in [0, 0.1) is 0 Å². The van der Waals surface area contributed by atoms with Crippen LogP contribution in [0.5, 0.6) is 0 Å². The van der Waals surface area contributed by atoms with Crippen LogP contribution in [0.2, 0.25) is 5.02 Å². The number of rotatable bonds is 5. The van der Waals surface area contributed by atoms with Gasteiger partial charge in [-0.3, -0.25) is 0 Å². The van der Waals surface area contributed by atoms with Gasteiger partial charge in [0.2, 0.25) is 0 Å². The van der Waals surface area contributed by atoms with E-state index >= 15 is 0 Å². The third-order valence-electron chi connectivity index (χ3n) is 4.44. The van der Waals surface area contributed by atoms with Crippen molar-refractivity contribution in [2.75, 3.05) is 26.8 Å². The number of hydrogen-bond donors (Lipinski definition) is 1. The molecule has 0 bridgehead atoms. The van der Waals surface area contributed by atoms with Crippen LogP contribution in [-0.2, 0) is 22.6 Å². The number of amides is 2. The summed E-state index contributed by atoms with van der Waals surface area (Å²) in [5.74, 6) is 0. The number of urea groups is 1. The van der Waals surface area contributed by atoms with Crippen molar-refractivity contribution in [2.45, 2.75) is 19.3 Å². The van der Waals surface area contributed by atoms with Crippen molar-refractivity contribution in [1.29, 1.82) is 0 Å². The maximum Gasteiger partial charge on any atom is 0.317 e. The van der Waals surface area contributed by atoms with E-state index in [2.05, 4.69) is 5.32 Å². The van der Waals surface area contributed by atoms with Gasteiger partial charge >= 0.3 is 6.03 Å². The first-order valence-electron chi connectivity index (χ1n) is 8.63. The first kappa shape index (κ1) is 18.7. The lowest BCUT2D eigenvalue weighted by molar-refractivity contribution is -0.0154. The van der Waals surface area contributed by atoms with Crippen molar-refractivity contribution in [1.82, 2.24) is 10.2 Å². The van der Waals surface area contributed by atoms with E-state index in [0.717, 1.165) is 16.7 Å². The van der Waals surface area contributed by atoms with E-state index < -0.39 is 0 Å². The Bertz CT molecular complexity index is 736. The SMILES string of the molecule is COCc1ccccc1CNC(=O)N1CCOC(c2ccc(Cl)cc2)C1. The Morgan fingerprint density at radius 3 is 2.69 bits per heavy atom. The minimum absolute atomic E-state index is 0.0838. The molecular formula is C20H23ClN2O3. The summed E-state index contributed by atoms with van der Waals surface area (Å²) in [6, 6.07) is 15.4. The molecule has 138 valence electrons. The van der Waals surface area contributed by atoms with Crippen molar-refractivity contribution >= 4 is 17.6 Å². The minimum Gasteiger partial charge on any atom is -0.380 e. The van der Waals surface area contributed by atoms with Crippen LogP contribution < -0.4 is 5.32 Å². The highest BCUT2D eigenvalue weighted by Crippen LogP contribution is 2.23. The molecule has 6 heteroatoms. The molecule has 1 N–H and O–H groups in total. The molecule has 2 amide bonds. The van der Waals surface area contributed by atoms with Crippen LogP contribution in [0.15, 0.2) is 48.5 Å². The highest BCUT2D eigenvalue weighted by Gasteiger charge is 2.25. The molecule has 2 aromatic carbocycles. The lowest BCUT2D eigenvalue weighted by Crippen LogP contribution is -2.47. The average molecular weight is 375 g/mol. The normalized spacial score (nSPS) is 17.2. The molecule has 1 unspecified atom stereocenters. The third kappa shape index (κ3) is 4.75. The van der Waals surface area contributed by atoms with E-state index in [1.54, 1.807) is 12.0 Å². The lowest BCUT2D eigenvalue weighted by atomic mass is 10.1. The van der Waals surface area contributed by atoms with Crippen LogP contribution in [0.1, 0.15) is 22.8 Å². The molecular weight excluding hydrogens is 352 g/mol. The number of methoxy groups -OCH3 is 1. The second-order valence-electron chi connectivity index (χ2n) is 6.22. The van der Waals surface area contributed by atoms with Gasteiger partial charge in [-0.05, 0) is 28.8 Å². The van der Waals surface area contributed by atoms with Crippen molar-refractivity contribution in [3.63, 3.8) is 0 Å². The average Bonchev–Trinajstić information content (AvgIpc) is 2.68. The highest BCUT2D eigenvalue weighted by molar-refractivity contribution is 6.30. The fraction of sp³-hybridized carbons (Fsp3) is 0.350. The summed E-state index contributed by atoms with van der Waals surface area (Å²) >= 11 is 5.94. The molecule has 26 heavy (non-hydrogen) atoms. The molecule has 1 fully saturated rings. The van der Waals surface area contributed by atoms with Crippen LogP contribution in [0.25, 0.3) is 0 Å². The van der Waals surface area contributed by atoms with Crippen LogP contribution in [0.3, 0.4) is 0 Å². The summed E-state index contributed by atoms with van der Waals surface area (Å²) in [5.41, 5.74) is 3.17. The topological polar surface area (TPSA) is 50.8 Å². The highest BCUT2D eigenvalue weighted by atomic mass is 35.5. The summed E-state index contributed by atoms with van der Waals surface area (Å²) in [4.78, 5) is 14.4. The van der Waals surface area contributed by atoms with Crippen molar-refractivity contribution in [3.05, 3.63) is 70.2 Å². The Labute approximate surface area is 158 Å². The van der Waals surface area contributed by atoms with Gasteiger partial charge in [-0.25, -0.2) is 4.79 Å². The number of hydrogen-bond acceptors (Lipinski definition) is 3. The fourth-order valence-corrected chi connectivity index (χ4v) is 3.15. The van der Waals surface area contributed by atoms with Crippen molar-refractivity contribution in [2.24, 2.45) is 0 Å². The minimum atomic E-state index is -0.132. The van der Waals surface area contributed by atoms with E-state index in [1.165, 1.54) is 0 Å². The van der Waals surface area contributed by atoms with Crippen molar-refractivity contribution in [3.8, 4) is 0 Å². The predicted octanol–water partition coefficient (Wildman–Crippen LogP) is 3.77. The summed E-state index contributed by atoms with van der Waals surface area (Å²) in [5, 5.41) is 3.69. The quantitative estimate of drug-likeness (QED) is 0.866. The molecule has 2 aromatic rings. The predicted molar refractivity (Wildman–Crippen MR) is 101 cm³/mol. The monoisotopic (exact) mass is 374 g/mol. The van der Waals surface area contributed by atoms with Gasteiger partial charge in [0.05, 0.1) is 19.8 Å². The number of morpholine rings is 1. The molecule has 0 aromatic heterocycles.